The van der Waals surface area contributed by atoms with Gasteiger partial charge in [0, 0.05) is 30.1 Å². The number of anilines is 2. The summed E-state index contributed by atoms with van der Waals surface area (Å²) in [5.74, 6) is 1.75. The van der Waals surface area contributed by atoms with Crippen LogP contribution in [0.25, 0.3) is 10.9 Å². The van der Waals surface area contributed by atoms with Crippen LogP contribution in [-0.2, 0) is 11.4 Å². The number of carbonyl (C=O) groups excluding carboxylic acids is 1. The van der Waals surface area contributed by atoms with E-state index in [9.17, 15) is 9.90 Å². The summed E-state index contributed by atoms with van der Waals surface area (Å²) in [5.41, 5.74) is 4.10. The third-order valence-corrected chi connectivity index (χ3v) is 7.09. The van der Waals surface area contributed by atoms with E-state index in [1.165, 1.54) is 17.7 Å². The normalized spacial score (nSPS) is 15.5. The molecule has 0 radical (unpaired) electrons. The molecule has 2 aromatic carbocycles. The topological polar surface area (TPSA) is 110 Å². The molecular weight excluding hydrogens is 514 g/mol. The number of likely N-dealkylation sites (tertiary alicyclic amines) is 1. The molecule has 11 heteroatoms. The highest BCUT2D eigenvalue weighted by Crippen LogP contribution is 2.34. The number of halogens is 1. The fourth-order valence-corrected chi connectivity index (χ4v) is 5.10. The molecule has 1 aliphatic rings. The van der Waals surface area contributed by atoms with Crippen LogP contribution in [0.5, 0.6) is 11.5 Å². The van der Waals surface area contributed by atoms with Gasteiger partial charge in [-0.15, -0.1) is 11.3 Å². The van der Waals surface area contributed by atoms with Crippen molar-refractivity contribution in [2.24, 2.45) is 5.92 Å². The van der Waals surface area contributed by atoms with Gasteiger partial charge in [-0.1, -0.05) is 17.7 Å². The highest BCUT2D eigenvalue weighted by atomic mass is 35.5. The van der Waals surface area contributed by atoms with Crippen molar-refractivity contribution in [1.82, 2.24) is 19.9 Å². The molecule has 1 aliphatic heterocycles. The largest absolute Gasteiger partial charge is 0.492 e. The first-order valence-electron chi connectivity index (χ1n) is 11.9. The molecule has 0 unspecified atom stereocenters. The summed E-state index contributed by atoms with van der Waals surface area (Å²) in [4.78, 5) is 26.7. The van der Waals surface area contributed by atoms with Crippen LogP contribution < -0.4 is 14.8 Å². The van der Waals surface area contributed by atoms with Crippen LogP contribution in [0.15, 0.2) is 53.6 Å². The van der Waals surface area contributed by atoms with E-state index >= 15 is 0 Å². The lowest BCUT2D eigenvalue weighted by molar-refractivity contribution is -0.136. The summed E-state index contributed by atoms with van der Waals surface area (Å²) >= 11 is 8.00. The molecule has 1 fully saturated rings. The first-order valence-corrected chi connectivity index (χ1v) is 13.2. The maximum absolute atomic E-state index is 11.9. The molecule has 0 saturated carbocycles. The lowest BCUT2D eigenvalue weighted by Crippen LogP contribution is -2.42. The van der Waals surface area contributed by atoms with Gasteiger partial charge in [-0.05, 0) is 43.2 Å². The number of hydrogen-bond acceptors (Lipinski definition) is 9. The number of aliphatic hydroxyl groups excluding tert-OH is 1. The monoisotopic (exact) mass is 539 g/mol. The zero-order valence-corrected chi connectivity index (χ0v) is 21.5. The number of aliphatic hydroxyl groups is 1. The van der Waals surface area contributed by atoms with E-state index < -0.39 is 6.61 Å². The van der Waals surface area contributed by atoms with Gasteiger partial charge in [0.05, 0.1) is 33.7 Å². The average Bonchev–Trinajstić information content (AvgIpc) is 3.45. The van der Waals surface area contributed by atoms with E-state index in [1.807, 2.05) is 29.6 Å². The molecule has 1 saturated heterocycles. The maximum Gasteiger partial charge on any atom is 0.248 e. The van der Waals surface area contributed by atoms with Crippen molar-refractivity contribution in [2.75, 3.05) is 31.6 Å². The Kier molecular flexibility index (Phi) is 7.98. The second-order valence-electron chi connectivity index (χ2n) is 8.73. The summed E-state index contributed by atoms with van der Waals surface area (Å²) < 4.78 is 12.0. The van der Waals surface area contributed by atoms with E-state index in [4.69, 9.17) is 21.1 Å². The Morgan fingerprint density at radius 3 is 2.92 bits per heavy atom. The van der Waals surface area contributed by atoms with Gasteiger partial charge in [-0.2, -0.15) is 0 Å². The number of rotatable bonds is 9. The number of nitrogens with one attached hydrogen (secondary N) is 1. The van der Waals surface area contributed by atoms with Crippen molar-refractivity contribution in [3.05, 3.63) is 64.3 Å². The van der Waals surface area contributed by atoms with Crippen molar-refractivity contribution in [3.8, 4) is 11.5 Å². The molecule has 1 amide bonds. The Labute approximate surface area is 223 Å². The highest BCUT2D eigenvalue weighted by Gasteiger charge is 2.24. The SMILES string of the molecule is O=C(CO)N1CCC[C@H](COc2cccc3ncnc(Nc4ccc(OCc5cscn5)c(Cl)c4)c23)C1. The van der Waals surface area contributed by atoms with Crippen LogP contribution in [-0.4, -0.2) is 57.2 Å². The molecule has 2 N–H and O–H groups in total. The van der Waals surface area contributed by atoms with Crippen LogP contribution in [0.2, 0.25) is 5.02 Å². The summed E-state index contributed by atoms with van der Waals surface area (Å²) in [6, 6.07) is 11.1. The van der Waals surface area contributed by atoms with Gasteiger partial charge >= 0.3 is 0 Å². The van der Waals surface area contributed by atoms with Gasteiger partial charge < -0.3 is 24.8 Å². The number of carbonyl (C=O) groups is 1. The molecule has 0 bridgehead atoms. The number of amides is 1. The lowest BCUT2D eigenvalue weighted by atomic mass is 9.99. The third kappa shape index (κ3) is 6.10. The number of piperidine rings is 1. The number of ether oxygens (including phenoxy) is 2. The lowest BCUT2D eigenvalue weighted by Gasteiger charge is -2.32. The Bertz CT molecular complexity index is 1370. The van der Waals surface area contributed by atoms with Crippen molar-refractivity contribution in [1.29, 1.82) is 0 Å². The van der Waals surface area contributed by atoms with Crippen LogP contribution in [0, 0.1) is 5.92 Å². The van der Waals surface area contributed by atoms with Crippen LogP contribution >= 0.6 is 22.9 Å². The van der Waals surface area contributed by atoms with Gasteiger partial charge in [-0.3, -0.25) is 4.79 Å². The molecule has 37 heavy (non-hydrogen) atoms. The minimum atomic E-state index is -0.466. The Hall–Kier alpha value is -3.47. The molecule has 5 rings (SSSR count). The van der Waals surface area contributed by atoms with Gasteiger partial charge in [0.2, 0.25) is 5.91 Å². The zero-order chi connectivity index (χ0) is 25.6. The number of benzene rings is 2. The number of thiazole rings is 1. The number of hydrogen-bond donors (Lipinski definition) is 2. The predicted molar refractivity (Wildman–Crippen MR) is 143 cm³/mol. The molecule has 1 atom stereocenters. The summed E-state index contributed by atoms with van der Waals surface area (Å²) in [6.07, 6.45) is 3.34. The fraction of sp³-hybridized carbons (Fsp3) is 0.308. The number of aromatic nitrogens is 3. The van der Waals surface area contributed by atoms with E-state index in [2.05, 4.69) is 20.3 Å². The zero-order valence-electron chi connectivity index (χ0n) is 20.0. The summed E-state index contributed by atoms with van der Waals surface area (Å²) in [5, 5.41) is 15.7. The average molecular weight is 540 g/mol. The molecule has 192 valence electrons. The summed E-state index contributed by atoms with van der Waals surface area (Å²) in [7, 11) is 0. The standard InChI is InChI=1S/C26H26ClN5O4S/c27-20-9-18(6-7-22(20)36-13-19-14-37-16-30-19)31-26-25-21(28-15-29-26)4-1-5-23(25)35-12-17-3-2-8-32(10-17)24(34)11-33/h1,4-7,9,14-17,33H,2-3,8,10-13H2,(H,28,29,31)/t17-/m0/s1. The predicted octanol–water partition coefficient (Wildman–Crippen LogP) is 4.67. The Morgan fingerprint density at radius 2 is 2.11 bits per heavy atom. The van der Waals surface area contributed by atoms with Crippen LogP contribution in [0.3, 0.4) is 0 Å². The smallest absolute Gasteiger partial charge is 0.248 e. The van der Waals surface area contributed by atoms with Crippen molar-refractivity contribution in [2.45, 2.75) is 19.4 Å². The quantitative estimate of drug-likeness (QED) is 0.316. The molecule has 0 spiro atoms. The minimum absolute atomic E-state index is 0.177. The third-order valence-electron chi connectivity index (χ3n) is 6.16. The van der Waals surface area contributed by atoms with Crippen molar-refractivity contribution < 1.29 is 19.4 Å². The van der Waals surface area contributed by atoms with Crippen LogP contribution in [0.4, 0.5) is 11.5 Å². The highest BCUT2D eigenvalue weighted by molar-refractivity contribution is 7.07. The first-order chi connectivity index (χ1) is 18.1. The van der Waals surface area contributed by atoms with E-state index in [1.54, 1.807) is 22.5 Å². The Morgan fingerprint density at radius 1 is 1.19 bits per heavy atom. The van der Waals surface area contributed by atoms with Gasteiger partial charge in [0.25, 0.3) is 0 Å². The van der Waals surface area contributed by atoms with E-state index in [0.29, 0.717) is 48.6 Å². The van der Waals surface area contributed by atoms with Crippen molar-refractivity contribution >= 4 is 51.3 Å². The second-order valence-corrected chi connectivity index (χ2v) is 9.85. The molecule has 0 aliphatic carbocycles. The minimum Gasteiger partial charge on any atom is -0.492 e. The van der Waals surface area contributed by atoms with Gasteiger partial charge in [-0.25, -0.2) is 15.0 Å². The fourth-order valence-electron chi connectivity index (χ4n) is 4.32. The molecular formula is C26H26ClN5O4S. The van der Waals surface area contributed by atoms with E-state index in [-0.39, 0.29) is 11.8 Å². The first kappa shape index (κ1) is 25.2. The molecule has 3 heterocycles. The molecule has 9 nitrogen and oxygen atoms in total. The number of nitrogens with zero attached hydrogens (tertiary/aromatic N) is 4. The van der Waals surface area contributed by atoms with Gasteiger partial charge in [0.1, 0.15) is 36.9 Å². The second kappa shape index (κ2) is 11.7. The molecule has 2 aromatic heterocycles. The summed E-state index contributed by atoms with van der Waals surface area (Å²) in [6.45, 7) is 1.57. The van der Waals surface area contributed by atoms with Gasteiger partial charge in [0.15, 0.2) is 0 Å². The van der Waals surface area contributed by atoms with Crippen molar-refractivity contribution in [3.63, 3.8) is 0 Å². The van der Waals surface area contributed by atoms with Crippen LogP contribution in [0.1, 0.15) is 18.5 Å². The molecule has 4 aromatic rings. The maximum atomic E-state index is 11.9. The Balaban J connectivity index is 1.31. The van der Waals surface area contributed by atoms with E-state index in [0.717, 1.165) is 35.1 Å². The number of fused-ring (bicyclic) bond motifs is 1.